The molecule has 0 fully saturated rings. The molecule has 0 saturated carbocycles. The first kappa shape index (κ1) is 12.4. The molecule has 0 spiro atoms. The van der Waals surface area contributed by atoms with Crippen LogP contribution in [-0.4, -0.2) is 11.0 Å². The van der Waals surface area contributed by atoms with Gasteiger partial charge in [-0.1, -0.05) is 11.6 Å². The average Bonchev–Trinajstić information content (AvgIpc) is 2.87. The van der Waals surface area contributed by atoms with E-state index in [9.17, 15) is 4.79 Å². The van der Waals surface area contributed by atoms with Crippen molar-refractivity contribution in [1.82, 2.24) is 15.6 Å². The first-order chi connectivity index (χ1) is 8.74. The van der Waals surface area contributed by atoms with Gasteiger partial charge in [0.1, 0.15) is 5.76 Å². The van der Waals surface area contributed by atoms with Crippen LogP contribution in [0.3, 0.4) is 0 Å². The number of aromatic nitrogens is 1. The van der Waals surface area contributed by atoms with Crippen molar-refractivity contribution in [1.29, 1.82) is 0 Å². The first-order valence-corrected chi connectivity index (χ1v) is 5.76. The summed E-state index contributed by atoms with van der Waals surface area (Å²) in [6, 6.07) is 6.66. The van der Waals surface area contributed by atoms with Gasteiger partial charge in [0.15, 0.2) is 0 Å². The normalized spacial score (nSPS) is 10.1. The van der Waals surface area contributed by atoms with Crippen molar-refractivity contribution in [2.24, 2.45) is 0 Å². The van der Waals surface area contributed by atoms with E-state index in [-0.39, 0.29) is 6.03 Å². The fraction of sp³-hybridized carbons (Fsp3) is 0.167. The zero-order valence-electron chi connectivity index (χ0n) is 9.52. The van der Waals surface area contributed by atoms with E-state index in [1.54, 1.807) is 36.7 Å². The Morgan fingerprint density at radius 2 is 2.17 bits per heavy atom. The second-order valence-corrected chi connectivity index (χ2v) is 4.02. The molecular formula is C12H12ClN3O2. The van der Waals surface area contributed by atoms with Gasteiger partial charge in [0.25, 0.3) is 0 Å². The molecule has 94 valence electrons. The number of rotatable bonds is 4. The summed E-state index contributed by atoms with van der Waals surface area (Å²) in [4.78, 5) is 15.5. The van der Waals surface area contributed by atoms with E-state index in [0.717, 1.165) is 0 Å². The molecule has 2 aromatic rings. The Balaban J connectivity index is 1.75. The standard InChI is InChI=1S/C12H12ClN3O2/c13-9-3-4-14-10(6-9)7-15-12(17)16-8-11-2-1-5-18-11/h1-6H,7-8H2,(H2,15,16,17). The molecule has 0 radical (unpaired) electrons. The quantitative estimate of drug-likeness (QED) is 0.892. The van der Waals surface area contributed by atoms with Gasteiger partial charge in [0, 0.05) is 11.2 Å². The third-order valence-electron chi connectivity index (χ3n) is 2.21. The van der Waals surface area contributed by atoms with Gasteiger partial charge in [0.05, 0.1) is 25.0 Å². The van der Waals surface area contributed by atoms with E-state index in [0.29, 0.717) is 29.6 Å². The van der Waals surface area contributed by atoms with Gasteiger partial charge in [-0.2, -0.15) is 0 Å². The van der Waals surface area contributed by atoms with Crippen LogP contribution >= 0.6 is 11.6 Å². The highest BCUT2D eigenvalue weighted by Crippen LogP contribution is 2.07. The molecule has 0 aliphatic carbocycles. The van der Waals surface area contributed by atoms with Gasteiger partial charge < -0.3 is 15.1 Å². The lowest BCUT2D eigenvalue weighted by Crippen LogP contribution is -2.34. The Kier molecular flexibility index (Phi) is 4.20. The van der Waals surface area contributed by atoms with Gasteiger partial charge in [-0.3, -0.25) is 4.98 Å². The van der Waals surface area contributed by atoms with Crippen LogP contribution in [0.25, 0.3) is 0 Å². The minimum absolute atomic E-state index is 0.284. The number of amides is 2. The molecular weight excluding hydrogens is 254 g/mol. The number of carbonyl (C=O) groups excluding carboxylic acids is 1. The summed E-state index contributed by atoms with van der Waals surface area (Å²) in [6.07, 6.45) is 3.16. The summed E-state index contributed by atoms with van der Waals surface area (Å²) in [5, 5.41) is 5.94. The van der Waals surface area contributed by atoms with E-state index in [2.05, 4.69) is 15.6 Å². The van der Waals surface area contributed by atoms with Crippen molar-refractivity contribution in [3.63, 3.8) is 0 Å². The predicted octanol–water partition coefficient (Wildman–Crippen LogP) is 2.33. The van der Waals surface area contributed by atoms with Crippen molar-refractivity contribution < 1.29 is 9.21 Å². The Morgan fingerprint density at radius 1 is 1.33 bits per heavy atom. The monoisotopic (exact) mass is 265 g/mol. The Bertz CT molecular complexity index is 514. The second kappa shape index (κ2) is 6.07. The zero-order chi connectivity index (χ0) is 12.8. The fourth-order valence-corrected chi connectivity index (χ4v) is 1.54. The molecule has 0 unspecified atom stereocenters. The third kappa shape index (κ3) is 3.78. The molecule has 0 aliphatic rings. The molecule has 6 heteroatoms. The summed E-state index contributed by atoms with van der Waals surface area (Å²) < 4.78 is 5.09. The van der Waals surface area contributed by atoms with Crippen LogP contribution in [0.4, 0.5) is 4.79 Å². The van der Waals surface area contributed by atoms with Crippen LogP contribution in [0.2, 0.25) is 5.02 Å². The smallest absolute Gasteiger partial charge is 0.315 e. The van der Waals surface area contributed by atoms with Crippen molar-refractivity contribution in [3.05, 3.63) is 53.2 Å². The average molecular weight is 266 g/mol. The fourth-order valence-electron chi connectivity index (χ4n) is 1.36. The molecule has 2 amide bonds. The molecule has 0 atom stereocenters. The molecule has 2 heterocycles. The van der Waals surface area contributed by atoms with E-state index in [1.165, 1.54) is 0 Å². The highest BCUT2D eigenvalue weighted by atomic mass is 35.5. The third-order valence-corrected chi connectivity index (χ3v) is 2.45. The van der Waals surface area contributed by atoms with Gasteiger partial charge in [-0.15, -0.1) is 0 Å². The molecule has 18 heavy (non-hydrogen) atoms. The number of carbonyl (C=O) groups is 1. The Labute approximate surface area is 109 Å². The molecule has 0 saturated heterocycles. The highest BCUT2D eigenvalue weighted by molar-refractivity contribution is 6.30. The highest BCUT2D eigenvalue weighted by Gasteiger charge is 2.02. The maximum absolute atomic E-state index is 11.5. The molecule has 0 aliphatic heterocycles. The molecule has 2 N–H and O–H groups in total. The molecule has 5 nitrogen and oxygen atoms in total. The summed E-state index contributed by atoms with van der Waals surface area (Å²) in [5.74, 6) is 0.700. The zero-order valence-corrected chi connectivity index (χ0v) is 10.3. The Morgan fingerprint density at radius 3 is 2.89 bits per heavy atom. The predicted molar refractivity (Wildman–Crippen MR) is 67.0 cm³/mol. The summed E-state index contributed by atoms with van der Waals surface area (Å²) in [6.45, 7) is 0.673. The van der Waals surface area contributed by atoms with E-state index < -0.39 is 0 Å². The van der Waals surface area contributed by atoms with Crippen molar-refractivity contribution in [3.8, 4) is 0 Å². The van der Waals surface area contributed by atoms with Crippen molar-refractivity contribution in [2.45, 2.75) is 13.1 Å². The lowest BCUT2D eigenvalue weighted by atomic mass is 10.3. The van der Waals surface area contributed by atoms with Crippen LogP contribution < -0.4 is 10.6 Å². The molecule has 0 aromatic carbocycles. The van der Waals surface area contributed by atoms with E-state index >= 15 is 0 Å². The summed E-state index contributed by atoms with van der Waals surface area (Å²) in [7, 11) is 0. The van der Waals surface area contributed by atoms with Crippen LogP contribution in [0.5, 0.6) is 0 Å². The maximum atomic E-state index is 11.5. The van der Waals surface area contributed by atoms with Crippen LogP contribution in [0, 0.1) is 0 Å². The number of furan rings is 1. The SMILES string of the molecule is O=C(NCc1cc(Cl)ccn1)NCc1ccco1. The number of nitrogens with one attached hydrogen (secondary N) is 2. The lowest BCUT2D eigenvalue weighted by molar-refractivity contribution is 0.239. The summed E-state index contributed by atoms with van der Waals surface area (Å²) >= 11 is 5.81. The minimum Gasteiger partial charge on any atom is -0.467 e. The van der Waals surface area contributed by atoms with Crippen molar-refractivity contribution >= 4 is 17.6 Å². The van der Waals surface area contributed by atoms with Crippen molar-refractivity contribution in [2.75, 3.05) is 0 Å². The van der Waals surface area contributed by atoms with Gasteiger partial charge in [-0.25, -0.2) is 4.79 Å². The van der Waals surface area contributed by atoms with E-state index in [4.69, 9.17) is 16.0 Å². The maximum Gasteiger partial charge on any atom is 0.315 e. The summed E-state index contributed by atoms with van der Waals surface area (Å²) in [5.41, 5.74) is 0.704. The molecule has 0 bridgehead atoms. The number of hydrogen-bond acceptors (Lipinski definition) is 3. The van der Waals surface area contributed by atoms with Crippen LogP contribution in [-0.2, 0) is 13.1 Å². The van der Waals surface area contributed by atoms with E-state index in [1.807, 2.05) is 0 Å². The number of urea groups is 1. The van der Waals surface area contributed by atoms with Crippen LogP contribution in [0.1, 0.15) is 11.5 Å². The topological polar surface area (TPSA) is 67.2 Å². The number of nitrogens with zero attached hydrogens (tertiary/aromatic N) is 1. The number of halogens is 1. The first-order valence-electron chi connectivity index (χ1n) is 5.38. The minimum atomic E-state index is -0.284. The van der Waals surface area contributed by atoms with Gasteiger partial charge >= 0.3 is 6.03 Å². The van der Waals surface area contributed by atoms with Gasteiger partial charge in [0.2, 0.25) is 0 Å². The lowest BCUT2D eigenvalue weighted by Gasteiger charge is -2.06. The number of hydrogen-bond donors (Lipinski definition) is 2. The Hall–Kier alpha value is -2.01. The molecule has 2 aromatic heterocycles. The number of pyridine rings is 1. The van der Waals surface area contributed by atoms with Gasteiger partial charge in [-0.05, 0) is 24.3 Å². The van der Waals surface area contributed by atoms with Crippen LogP contribution in [0.15, 0.2) is 41.1 Å². The second-order valence-electron chi connectivity index (χ2n) is 3.58. The largest absolute Gasteiger partial charge is 0.467 e. The molecule has 2 rings (SSSR count).